The number of carboxylic acids is 1. The summed E-state index contributed by atoms with van der Waals surface area (Å²) in [6, 6.07) is 3.60. The third kappa shape index (κ3) is 3.19. The maximum Gasteiger partial charge on any atom is 0.335 e. The average Bonchev–Trinajstić information content (AvgIpc) is 2.82. The molecule has 1 N–H and O–H groups in total. The Hall–Kier alpha value is -2.42. The van der Waals surface area contributed by atoms with Crippen LogP contribution < -0.4 is 4.74 Å². The molecule has 0 saturated carbocycles. The quantitative estimate of drug-likeness (QED) is 0.870. The van der Waals surface area contributed by atoms with Crippen molar-refractivity contribution in [1.29, 1.82) is 0 Å². The van der Waals surface area contributed by atoms with Crippen molar-refractivity contribution in [2.75, 3.05) is 7.11 Å². The maximum absolute atomic E-state index is 12.4. The van der Waals surface area contributed by atoms with Gasteiger partial charge in [-0.1, -0.05) is 5.16 Å². The fourth-order valence-corrected chi connectivity index (χ4v) is 3.08. The van der Waals surface area contributed by atoms with E-state index in [1.807, 2.05) is 0 Å². The van der Waals surface area contributed by atoms with Crippen molar-refractivity contribution in [3.05, 3.63) is 35.5 Å². The van der Waals surface area contributed by atoms with E-state index in [0.29, 0.717) is 0 Å². The Kier molecular flexibility index (Phi) is 3.94. The molecular weight excluding hydrogens is 300 g/mol. The minimum absolute atomic E-state index is 0.00437. The second-order valence-electron chi connectivity index (χ2n) is 4.16. The van der Waals surface area contributed by atoms with Crippen LogP contribution in [0.25, 0.3) is 0 Å². The van der Waals surface area contributed by atoms with E-state index in [-0.39, 0.29) is 27.9 Å². The van der Waals surface area contributed by atoms with Crippen LogP contribution in [0.2, 0.25) is 0 Å². The van der Waals surface area contributed by atoms with Gasteiger partial charge in [-0.05, 0) is 18.2 Å². The number of hydrogen-bond acceptors (Lipinski definition) is 7. The lowest BCUT2D eigenvalue weighted by molar-refractivity contribution is 0.0696. The van der Waals surface area contributed by atoms with Gasteiger partial charge in [0.25, 0.3) is 0 Å². The summed E-state index contributed by atoms with van der Waals surface area (Å²) in [5, 5.41) is 12.5. The van der Waals surface area contributed by atoms with Gasteiger partial charge >= 0.3 is 5.97 Å². The molecule has 0 atom stereocenters. The van der Waals surface area contributed by atoms with Crippen LogP contribution in [0.3, 0.4) is 0 Å². The minimum Gasteiger partial charge on any atom is -0.495 e. The lowest BCUT2D eigenvalue weighted by Gasteiger charge is -2.09. The molecule has 0 aliphatic rings. The third-order valence-electron chi connectivity index (χ3n) is 2.63. The molecule has 0 spiro atoms. The maximum atomic E-state index is 12.4. The smallest absolute Gasteiger partial charge is 0.335 e. The number of nitrogens with zero attached hydrogens (tertiary/aromatic N) is 2. The Morgan fingerprint density at radius 1 is 1.43 bits per heavy atom. The van der Waals surface area contributed by atoms with Crippen LogP contribution in [-0.4, -0.2) is 36.7 Å². The molecule has 0 saturated heterocycles. The summed E-state index contributed by atoms with van der Waals surface area (Å²) in [5.74, 6) is -1.45. The number of sulfone groups is 1. The number of hydrogen-bond donors (Lipinski definition) is 1. The topological polar surface area (TPSA) is 120 Å². The second kappa shape index (κ2) is 5.52. The molecule has 21 heavy (non-hydrogen) atoms. The van der Waals surface area contributed by atoms with Gasteiger partial charge in [0, 0.05) is 6.92 Å². The first-order chi connectivity index (χ1) is 9.83. The van der Waals surface area contributed by atoms with E-state index < -0.39 is 21.6 Å². The number of aromatic carboxylic acids is 1. The van der Waals surface area contributed by atoms with Gasteiger partial charge < -0.3 is 14.4 Å². The summed E-state index contributed by atoms with van der Waals surface area (Å²) in [6.07, 6.45) is 0. The molecule has 0 radical (unpaired) electrons. The van der Waals surface area contributed by atoms with Gasteiger partial charge in [0.1, 0.15) is 16.4 Å². The molecule has 0 unspecified atom stereocenters. The average molecular weight is 312 g/mol. The zero-order chi connectivity index (χ0) is 15.6. The normalized spacial score (nSPS) is 11.3. The van der Waals surface area contributed by atoms with Crippen LogP contribution in [0.4, 0.5) is 0 Å². The first-order valence-electron chi connectivity index (χ1n) is 5.77. The van der Waals surface area contributed by atoms with Gasteiger partial charge in [0.2, 0.25) is 5.89 Å². The van der Waals surface area contributed by atoms with Gasteiger partial charge in [-0.3, -0.25) is 0 Å². The number of benzene rings is 1. The van der Waals surface area contributed by atoms with E-state index in [2.05, 4.69) is 10.1 Å². The van der Waals surface area contributed by atoms with Crippen molar-refractivity contribution in [1.82, 2.24) is 10.1 Å². The van der Waals surface area contributed by atoms with Crippen LogP contribution in [0, 0.1) is 6.92 Å². The first kappa shape index (κ1) is 15.0. The third-order valence-corrected chi connectivity index (χ3v) is 4.26. The molecule has 0 bridgehead atoms. The predicted molar refractivity (Wildman–Crippen MR) is 69.9 cm³/mol. The van der Waals surface area contributed by atoms with Crippen LogP contribution in [-0.2, 0) is 15.6 Å². The molecule has 2 aromatic rings. The predicted octanol–water partition coefficient (Wildman–Crippen LogP) is 1.06. The summed E-state index contributed by atoms with van der Waals surface area (Å²) in [4.78, 5) is 14.6. The molecule has 8 nitrogen and oxygen atoms in total. The monoisotopic (exact) mass is 312 g/mol. The molecule has 1 heterocycles. The zero-order valence-electron chi connectivity index (χ0n) is 11.2. The van der Waals surface area contributed by atoms with Crippen molar-refractivity contribution in [3.8, 4) is 5.75 Å². The Morgan fingerprint density at radius 3 is 2.67 bits per heavy atom. The van der Waals surface area contributed by atoms with Crippen molar-refractivity contribution in [2.45, 2.75) is 17.6 Å². The van der Waals surface area contributed by atoms with Gasteiger partial charge in [-0.15, -0.1) is 0 Å². The molecule has 0 aliphatic carbocycles. The van der Waals surface area contributed by atoms with E-state index in [9.17, 15) is 13.2 Å². The SMILES string of the molecule is COc1ccc(C(=O)O)cc1S(=O)(=O)Cc1noc(C)n1. The highest BCUT2D eigenvalue weighted by molar-refractivity contribution is 7.90. The highest BCUT2D eigenvalue weighted by Crippen LogP contribution is 2.27. The molecule has 112 valence electrons. The van der Waals surface area contributed by atoms with Crippen LogP contribution in [0.15, 0.2) is 27.6 Å². The number of rotatable bonds is 5. The number of carboxylic acid groups (broad SMARTS) is 1. The van der Waals surface area contributed by atoms with Gasteiger partial charge in [-0.25, -0.2) is 13.2 Å². The molecule has 0 fully saturated rings. The number of methoxy groups -OCH3 is 1. The lowest BCUT2D eigenvalue weighted by atomic mass is 10.2. The summed E-state index contributed by atoms with van der Waals surface area (Å²) in [6.45, 7) is 1.54. The number of aryl methyl sites for hydroxylation is 1. The van der Waals surface area contributed by atoms with Crippen molar-refractivity contribution in [3.63, 3.8) is 0 Å². The molecule has 0 amide bonds. The standard InChI is InChI=1S/C12H12N2O6S/c1-7-13-11(14-20-7)6-21(17,18)10-5-8(12(15)16)3-4-9(10)19-2/h3-5H,6H2,1-2H3,(H,15,16). The van der Waals surface area contributed by atoms with Crippen LogP contribution >= 0.6 is 0 Å². The van der Waals surface area contributed by atoms with Gasteiger partial charge in [-0.2, -0.15) is 4.98 Å². The van der Waals surface area contributed by atoms with Crippen molar-refractivity contribution in [2.24, 2.45) is 0 Å². The highest BCUT2D eigenvalue weighted by Gasteiger charge is 2.24. The Balaban J connectivity index is 2.47. The van der Waals surface area contributed by atoms with Crippen LogP contribution in [0.1, 0.15) is 22.1 Å². The summed E-state index contributed by atoms with van der Waals surface area (Å²) in [7, 11) is -2.57. The van der Waals surface area contributed by atoms with Crippen LogP contribution in [0.5, 0.6) is 5.75 Å². The highest BCUT2D eigenvalue weighted by atomic mass is 32.2. The molecule has 1 aromatic heterocycles. The summed E-state index contributed by atoms with van der Waals surface area (Å²) >= 11 is 0. The molecule has 9 heteroatoms. The molecular formula is C12H12N2O6S. The summed E-state index contributed by atoms with van der Waals surface area (Å²) < 4.78 is 34.4. The van der Waals surface area contributed by atoms with E-state index in [1.165, 1.54) is 26.2 Å². The minimum atomic E-state index is -3.87. The Morgan fingerprint density at radius 2 is 2.14 bits per heavy atom. The van der Waals surface area contributed by atoms with E-state index in [1.54, 1.807) is 0 Å². The van der Waals surface area contributed by atoms with E-state index >= 15 is 0 Å². The largest absolute Gasteiger partial charge is 0.495 e. The summed E-state index contributed by atoms with van der Waals surface area (Å²) in [5.41, 5.74) is -0.154. The first-order valence-corrected chi connectivity index (χ1v) is 7.42. The molecule has 2 rings (SSSR count). The fourth-order valence-electron chi connectivity index (χ4n) is 1.70. The Bertz CT molecular complexity index is 781. The number of carbonyl (C=O) groups is 1. The molecule has 0 aliphatic heterocycles. The lowest BCUT2D eigenvalue weighted by Crippen LogP contribution is -2.10. The Labute approximate surface area is 120 Å². The second-order valence-corrected chi connectivity index (χ2v) is 6.12. The van der Waals surface area contributed by atoms with Gasteiger partial charge in [0.05, 0.1) is 12.7 Å². The molecule has 1 aromatic carbocycles. The van der Waals surface area contributed by atoms with E-state index in [4.69, 9.17) is 14.4 Å². The fraction of sp³-hybridized carbons (Fsp3) is 0.250. The number of aromatic nitrogens is 2. The van der Waals surface area contributed by atoms with Crippen molar-refractivity contribution >= 4 is 15.8 Å². The van der Waals surface area contributed by atoms with Crippen molar-refractivity contribution < 1.29 is 27.6 Å². The number of ether oxygens (including phenoxy) is 1. The zero-order valence-corrected chi connectivity index (χ0v) is 12.0. The van der Waals surface area contributed by atoms with Gasteiger partial charge in [0.15, 0.2) is 15.7 Å². The van der Waals surface area contributed by atoms with E-state index in [0.717, 1.165) is 6.07 Å².